The summed E-state index contributed by atoms with van der Waals surface area (Å²) in [7, 11) is -3.45. The Hall–Kier alpha value is -1.70. The normalized spacial score (nSPS) is 24.2. The van der Waals surface area contributed by atoms with E-state index in [1.54, 1.807) is 11.0 Å². The Kier molecular flexibility index (Phi) is 8.48. The van der Waals surface area contributed by atoms with Crippen molar-refractivity contribution in [2.45, 2.75) is 51.5 Å². The molecule has 0 spiro atoms. The molecule has 2 aliphatic heterocycles. The van der Waals surface area contributed by atoms with E-state index in [1.165, 1.54) is 35.5 Å². The van der Waals surface area contributed by atoms with E-state index in [9.17, 15) is 13.2 Å². The van der Waals surface area contributed by atoms with Crippen LogP contribution in [-0.4, -0.2) is 57.4 Å². The number of nitrogens with zero attached hydrogens (tertiary/aromatic N) is 1. The Morgan fingerprint density at radius 3 is 2.60 bits per heavy atom. The third kappa shape index (κ3) is 6.65. The molecule has 0 saturated carbocycles. The molecule has 1 amide bonds. The number of sulfonamides is 1. The molecule has 2 atom stereocenters. The fourth-order valence-electron chi connectivity index (χ4n) is 4.48. The highest BCUT2D eigenvalue weighted by molar-refractivity contribution is 7.92. The molecule has 2 aliphatic rings. The average molecular weight is 435 g/mol. The summed E-state index contributed by atoms with van der Waals surface area (Å²) in [6.07, 6.45) is 7.76. The second kappa shape index (κ2) is 11.1. The lowest BCUT2D eigenvalue weighted by Crippen LogP contribution is -3.16. The van der Waals surface area contributed by atoms with Crippen LogP contribution in [0.15, 0.2) is 35.7 Å². The molecule has 0 bridgehead atoms. The molecule has 0 aliphatic carbocycles. The number of quaternary nitrogens is 1. The summed E-state index contributed by atoms with van der Waals surface area (Å²) in [6.45, 7) is 6.20. The van der Waals surface area contributed by atoms with E-state index in [0.717, 1.165) is 24.6 Å². The lowest BCUT2D eigenvalue weighted by Gasteiger charge is -2.31. The van der Waals surface area contributed by atoms with Crippen LogP contribution in [0.2, 0.25) is 0 Å². The number of benzene rings is 1. The van der Waals surface area contributed by atoms with Crippen LogP contribution in [0.5, 0.6) is 0 Å². The van der Waals surface area contributed by atoms with Gasteiger partial charge in [-0.3, -0.25) is 4.79 Å². The second-order valence-electron chi connectivity index (χ2n) is 8.63. The zero-order valence-corrected chi connectivity index (χ0v) is 18.9. The van der Waals surface area contributed by atoms with Crippen molar-refractivity contribution in [1.29, 1.82) is 0 Å². The zero-order valence-electron chi connectivity index (χ0n) is 18.1. The lowest BCUT2D eigenvalue weighted by atomic mass is 9.97. The van der Waals surface area contributed by atoms with Crippen LogP contribution in [0.25, 0.3) is 6.08 Å². The minimum Gasteiger partial charge on any atom is -0.356 e. The Balaban J connectivity index is 1.38. The minimum atomic E-state index is -3.45. The van der Waals surface area contributed by atoms with Gasteiger partial charge in [0.2, 0.25) is 15.9 Å². The Morgan fingerprint density at radius 1 is 1.17 bits per heavy atom. The number of hydrogen-bond donors (Lipinski definition) is 2. The van der Waals surface area contributed by atoms with E-state index in [-0.39, 0.29) is 11.8 Å². The predicted octanol–water partition coefficient (Wildman–Crippen LogP) is 1.66. The fourth-order valence-corrected chi connectivity index (χ4v) is 5.70. The number of carbonyl (C=O) groups excluding carboxylic acids is 1. The van der Waals surface area contributed by atoms with Gasteiger partial charge in [-0.2, -0.15) is 4.31 Å². The average Bonchev–Trinajstić information content (AvgIpc) is 2.77. The quantitative estimate of drug-likeness (QED) is 0.612. The number of amides is 1. The number of nitrogens with one attached hydrogen (secondary N) is 2. The van der Waals surface area contributed by atoms with Gasteiger partial charge in [-0.25, -0.2) is 8.42 Å². The van der Waals surface area contributed by atoms with Crippen LogP contribution in [0.3, 0.4) is 0 Å². The van der Waals surface area contributed by atoms with Crippen LogP contribution in [0.4, 0.5) is 0 Å². The van der Waals surface area contributed by atoms with E-state index < -0.39 is 10.0 Å². The highest BCUT2D eigenvalue weighted by Crippen LogP contribution is 2.21. The van der Waals surface area contributed by atoms with Crippen LogP contribution >= 0.6 is 0 Å². The van der Waals surface area contributed by atoms with Crippen molar-refractivity contribution in [2.24, 2.45) is 5.92 Å². The molecular weight excluding hydrogens is 398 g/mol. The monoisotopic (exact) mass is 434 g/mol. The number of piperidine rings is 2. The van der Waals surface area contributed by atoms with E-state index in [2.05, 4.69) is 12.2 Å². The summed E-state index contributed by atoms with van der Waals surface area (Å²) in [4.78, 5) is 14.1. The number of carbonyl (C=O) groups is 1. The highest BCUT2D eigenvalue weighted by atomic mass is 32.2. The summed E-state index contributed by atoms with van der Waals surface area (Å²) < 4.78 is 26.6. The van der Waals surface area contributed by atoms with E-state index in [0.29, 0.717) is 32.5 Å². The first-order valence-corrected chi connectivity index (χ1v) is 12.8. The molecule has 6 nitrogen and oxygen atoms in total. The van der Waals surface area contributed by atoms with Gasteiger partial charge in [0.15, 0.2) is 0 Å². The molecule has 30 heavy (non-hydrogen) atoms. The van der Waals surface area contributed by atoms with Gasteiger partial charge >= 0.3 is 0 Å². The van der Waals surface area contributed by atoms with Crippen molar-refractivity contribution in [3.8, 4) is 0 Å². The molecule has 166 valence electrons. The molecule has 2 heterocycles. The summed E-state index contributed by atoms with van der Waals surface area (Å²) in [6, 6.07) is 10.1. The first-order chi connectivity index (χ1) is 14.5. The van der Waals surface area contributed by atoms with Gasteiger partial charge in [0.25, 0.3) is 0 Å². The first kappa shape index (κ1) is 23.0. The van der Waals surface area contributed by atoms with Crippen molar-refractivity contribution in [2.75, 3.05) is 32.7 Å². The first-order valence-electron chi connectivity index (χ1n) is 11.3. The van der Waals surface area contributed by atoms with Crippen LogP contribution < -0.4 is 10.2 Å². The fraction of sp³-hybridized carbons (Fsp3) is 0.609. The van der Waals surface area contributed by atoms with Crippen molar-refractivity contribution in [3.63, 3.8) is 0 Å². The molecule has 1 aromatic rings. The molecule has 2 N–H and O–H groups in total. The predicted molar refractivity (Wildman–Crippen MR) is 120 cm³/mol. The standard InChI is InChI=1S/C23H35N3O3S/c1-20-8-5-6-15-25(20)16-7-14-24-23(27)22-11-17-26(18-12-22)30(28,29)19-13-21-9-3-2-4-10-21/h2-4,9-10,13,19-20,22H,5-8,11-12,14-18H2,1H3,(H,24,27)/p+1/b19-13+/t20-/m1/s1. The van der Waals surface area contributed by atoms with Gasteiger partial charge in [0.05, 0.1) is 19.1 Å². The van der Waals surface area contributed by atoms with E-state index in [1.807, 2.05) is 30.3 Å². The zero-order chi connectivity index (χ0) is 21.4. The van der Waals surface area contributed by atoms with Crippen molar-refractivity contribution >= 4 is 22.0 Å². The molecule has 0 radical (unpaired) electrons. The Labute approximate surface area is 181 Å². The van der Waals surface area contributed by atoms with Crippen LogP contribution in [0.1, 0.15) is 51.0 Å². The molecule has 1 unspecified atom stereocenters. The Morgan fingerprint density at radius 2 is 1.90 bits per heavy atom. The van der Waals surface area contributed by atoms with Crippen molar-refractivity contribution in [1.82, 2.24) is 9.62 Å². The summed E-state index contributed by atoms with van der Waals surface area (Å²) in [5.74, 6) is -0.00983. The molecule has 3 rings (SSSR count). The SMILES string of the molecule is C[C@@H]1CCCC[NH+]1CCCNC(=O)C1CCN(S(=O)(=O)/C=C/c2ccccc2)CC1. The third-order valence-electron chi connectivity index (χ3n) is 6.47. The molecule has 7 heteroatoms. The topological polar surface area (TPSA) is 70.9 Å². The highest BCUT2D eigenvalue weighted by Gasteiger charge is 2.30. The van der Waals surface area contributed by atoms with E-state index in [4.69, 9.17) is 0 Å². The third-order valence-corrected chi connectivity index (χ3v) is 8.04. The van der Waals surface area contributed by atoms with Gasteiger partial charge in [0, 0.05) is 37.4 Å². The van der Waals surface area contributed by atoms with Gasteiger partial charge in [0.1, 0.15) is 0 Å². The largest absolute Gasteiger partial charge is 0.356 e. The maximum absolute atomic E-state index is 12.6. The molecule has 0 aromatic heterocycles. The smallest absolute Gasteiger partial charge is 0.236 e. The van der Waals surface area contributed by atoms with Gasteiger partial charge in [-0.15, -0.1) is 0 Å². The van der Waals surface area contributed by atoms with Crippen molar-refractivity contribution in [3.05, 3.63) is 41.3 Å². The summed E-state index contributed by atoms with van der Waals surface area (Å²) in [5.41, 5.74) is 0.858. The summed E-state index contributed by atoms with van der Waals surface area (Å²) in [5, 5.41) is 4.34. The van der Waals surface area contributed by atoms with Gasteiger partial charge < -0.3 is 10.2 Å². The maximum Gasteiger partial charge on any atom is 0.236 e. The van der Waals surface area contributed by atoms with Gasteiger partial charge in [-0.1, -0.05) is 30.3 Å². The van der Waals surface area contributed by atoms with Crippen LogP contribution in [-0.2, 0) is 14.8 Å². The van der Waals surface area contributed by atoms with E-state index >= 15 is 0 Å². The molecule has 1 aromatic carbocycles. The lowest BCUT2D eigenvalue weighted by molar-refractivity contribution is -0.928. The number of likely N-dealkylation sites (tertiary alicyclic amines) is 1. The van der Waals surface area contributed by atoms with Crippen LogP contribution in [0, 0.1) is 5.92 Å². The molecule has 2 fully saturated rings. The number of hydrogen-bond acceptors (Lipinski definition) is 3. The summed E-state index contributed by atoms with van der Waals surface area (Å²) >= 11 is 0. The second-order valence-corrected chi connectivity index (χ2v) is 10.4. The molecule has 2 saturated heterocycles. The maximum atomic E-state index is 12.6. The van der Waals surface area contributed by atoms with Gasteiger partial charge in [-0.05, 0) is 50.7 Å². The number of rotatable bonds is 8. The minimum absolute atomic E-state index is 0.0774. The van der Waals surface area contributed by atoms with Crippen molar-refractivity contribution < 1.29 is 18.1 Å². The molecular formula is C23H36N3O3S+. The Bertz CT molecular complexity index is 802.